The van der Waals surface area contributed by atoms with Crippen LogP contribution in [0.25, 0.3) is 0 Å². The quantitative estimate of drug-likeness (QED) is 0.858. The number of para-hydroxylation sites is 1. The van der Waals surface area contributed by atoms with Gasteiger partial charge in [0.2, 0.25) is 0 Å². The highest BCUT2D eigenvalue weighted by Crippen LogP contribution is 2.39. The number of rotatable bonds is 3. The number of benzene rings is 1. The van der Waals surface area contributed by atoms with Crippen molar-refractivity contribution >= 4 is 6.09 Å². The summed E-state index contributed by atoms with van der Waals surface area (Å²) < 4.78 is 66.1. The molecule has 0 aliphatic carbocycles. The van der Waals surface area contributed by atoms with Crippen molar-refractivity contribution in [3.05, 3.63) is 29.8 Å². The fraction of sp³-hybridized carbons (Fsp3) is 0.300. The highest BCUT2D eigenvalue weighted by Gasteiger charge is 2.57. The molecule has 0 saturated carbocycles. The molecule has 0 saturated heterocycles. The lowest BCUT2D eigenvalue weighted by molar-refractivity contribution is -0.281. The summed E-state index contributed by atoms with van der Waals surface area (Å²) in [5.41, 5.74) is 4.21. The van der Waals surface area contributed by atoms with Crippen molar-refractivity contribution in [3.63, 3.8) is 0 Å². The first-order valence-electron chi connectivity index (χ1n) is 4.63. The Morgan fingerprint density at radius 1 is 1.17 bits per heavy atom. The molecule has 0 aliphatic rings. The monoisotopic (exact) mass is 269 g/mol. The summed E-state index contributed by atoms with van der Waals surface area (Å²) in [6.07, 6.45) is -8.59. The van der Waals surface area contributed by atoms with Crippen LogP contribution < -0.4 is 10.5 Å². The molecule has 2 N–H and O–H groups in total. The van der Waals surface area contributed by atoms with Crippen molar-refractivity contribution < 1.29 is 31.5 Å². The van der Waals surface area contributed by atoms with E-state index < -0.39 is 35.9 Å². The summed E-state index contributed by atoms with van der Waals surface area (Å²) in [7, 11) is 0. The molecule has 1 rings (SSSR count). The van der Waals surface area contributed by atoms with Gasteiger partial charge in [-0.15, -0.1) is 0 Å². The molecule has 18 heavy (non-hydrogen) atoms. The van der Waals surface area contributed by atoms with Crippen molar-refractivity contribution in [3.8, 4) is 5.75 Å². The molecule has 1 amide bonds. The second kappa shape index (κ2) is 4.79. The molecular formula is C10H8F5NO2. The minimum Gasteiger partial charge on any atom is -0.410 e. The standard InChI is InChI=1S/C10H8F5NO2/c11-9(12,10(13,14)15)5-6-3-1-2-4-7(6)18-8(16)17/h1-4H,5H2,(H2,16,17). The molecule has 0 heterocycles. The first-order valence-corrected chi connectivity index (χ1v) is 4.63. The normalized spacial score (nSPS) is 12.3. The number of alkyl halides is 5. The maximum absolute atomic E-state index is 12.8. The number of primary amides is 1. The second-order valence-electron chi connectivity index (χ2n) is 3.41. The lowest BCUT2D eigenvalue weighted by Gasteiger charge is -2.20. The van der Waals surface area contributed by atoms with Crippen molar-refractivity contribution in [2.75, 3.05) is 0 Å². The molecule has 0 aromatic heterocycles. The van der Waals surface area contributed by atoms with Gasteiger partial charge in [-0.2, -0.15) is 22.0 Å². The highest BCUT2D eigenvalue weighted by molar-refractivity contribution is 5.68. The van der Waals surface area contributed by atoms with Gasteiger partial charge in [-0.3, -0.25) is 0 Å². The van der Waals surface area contributed by atoms with Gasteiger partial charge in [0.05, 0.1) is 0 Å². The van der Waals surface area contributed by atoms with Crippen LogP contribution in [-0.2, 0) is 6.42 Å². The van der Waals surface area contributed by atoms with Gasteiger partial charge in [-0.1, -0.05) is 18.2 Å². The molecule has 100 valence electrons. The Morgan fingerprint density at radius 2 is 1.72 bits per heavy atom. The van der Waals surface area contributed by atoms with E-state index in [0.717, 1.165) is 12.1 Å². The summed E-state index contributed by atoms with van der Waals surface area (Å²) in [4.78, 5) is 10.5. The van der Waals surface area contributed by atoms with E-state index in [1.165, 1.54) is 12.1 Å². The van der Waals surface area contributed by atoms with Gasteiger partial charge in [0.15, 0.2) is 0 Å². The molecule has 0 spiro atoms. The van der Waals surface area contributed by atoms with Gasteiger partial charge < -0.3 is 10.5 Å². The Morgan fingerprint density at radius 3 is 2.22 bits per heavy atom. The van der Waals surface area contributed by atoms with Crippen LogP contribution in [0.4, 0.5) is 26.7 Å². The third-order valence-corrected chi connectivity index (χ3v) is 2.01. The Labute approximate surface area is 98.3 Å². The van der Waals surface area contributed by atoms with E-state index in [1.54, 1.807) is 0 Å². The van der Waals surface area contributed by atoms with Crippen molar-refractivity contribution in [2.24, 2.45) is 5.73 Å². The molecule has 0 bridgehead atoms. The van der Waals surface area contributed by atoms with Crippen LogP contribution in [0, 0.1) is 0 Å². The van der Waals surface area contributed by atoms with Crippen LogP contribution in [0.15, 0.2) is 24.3 Å². The maximum Gasteiger partial charge on any atom is 0.453 e. The fourth-order valence-electron chi connectivity index (χ4n) is 1.20. The largest absolute Gasteiger partial charge is 0.453 e. The lowest BCUT2D eigenvalue weighted by Crippen LogP contribution is -2.38. The van der Waals surface area contributed by atoms with Crippen molar-refractivity contribution in [1.29, 1.82) is 0 Å². The number of ether oxygens (including phenoxy) is 1. The molecule has 0 unspecified atom stereocenters. The Hall–Kier alpha value is -1.86. The van der Waals surface area contributed by atoms with Gasteiger partial charge in [-0.05, 0) is 6.07 Å². The average molecular weight is 269 g/mol. The number of amides is 1. The van der Waals surface area contributed by atoms with Gasteiger partial charge >= 0.3 is 18.2 Å². The molecule has 8 heteroatoms. The number of halogens is 5. The molecular weight excluding hydrogens is 261 g/mol. The van der Waals surface area contributed by atoms with E-state index in [1.807, 2.05) is 0 Å². The van der Waals surface area contributed by atoms with Gasteiger partial charge in [-0.25, -0.2) is 4.79 Å². The van der Waals surface area contributed by atoms with E-state index in [2.05, 4.69) is 10.5 Å². The van der Waals surface area contributed by atoms with Crippen LogP contribution in [0.1, 0.15) is 5.56 Å². The maximum atomic E-state index is 12.8. The molecule has 0 radical (unpaired) electrons. The minimum atomic E-state index is -5.67. The van der Waals surface area contributed by atoms with Gasteiger partial charge in [0.25, 0.3) is 0 Å². The smallest absolute Gasteiger partial charge is 0.410 e. The summed E-state index contributed by atoms with van der Waals surface area (Å²) >= 11 is 0. The summed E-state index contributed by atoms with van der Waals surface area (Å²) in [6, 6.07) is 4.63. The zero-order valence-corrected chi connectivity index (χ0v) is 8.80. The van der Waals surface area contributed by atoms with Crippen LogP contribution in [-0.4, -0.2) is 18.2 Å². The predicted octanol–water partition coefficient (Wildman–Crippen LogP) is 2.88. The van der Waals surface area contributed by atoms with Gasteiger partial charge in [0, 0.05) is 12.0 Å². The Balaban J connectivity index is 3.01. The van der Waals surface area contributed by atoms with E-state index in [0.29, 0.717) is 0 Å². The number of hydrogen-bond donors (Lipinski definition) is 1. The van der Waals surface area contributed by atoms with E-state index in [-0.39, 0.29) is 0 Å². The number of carbonyl (C=O) groups excluding carboxylic acids is 1. The van der Waals surface area contributed by atoms with E-state index in [9.17, 15) is 26.7 Å². The van der Waals surface area contributed by atoms with Crippen LogP contribution in [0.5, 0.6) is 5.75 Å². The highest BCUT2D eigenvalue weighted by atomic mass is 19.4. The SMILES string of the molecule is NC(=O)Oc1ccccc1CC(F)(F)C(F)(F)F. The molecule has 1 aromatic rings. The van der Waals surface area contributed by atoms with Crippen molar-refractivity contribution in [2.45, 2.75) is 18.5 Å². The Bertz CT molecular complexity index is 444. The Kier molecular flexibility index (Phi) is 3.78. The molecule has 1 aromatic carbocycles. The van der Waals surface area contributed by atoms with Crippen LogP contribution in [0.3, 0.4) is 0 Å². The van der Waals surface area contributed by atoms with E-state index in [4.69, 9.17) is 0 Å². The third-order valence-electron chi connectivity index (χ3n) is 2.01. The lowest BCUT2D eigenvalue weighted by atomic mass is 10.1. The number of carbonyl (C=O) groups is 1. The topological polar surface area (TPSA) is 52.3 Å². The van der Waals surface area contributed by atoms with Crippen LogP contribution >= 0.6 is 0 Å². The first-order chi connectivity index (χ1) is 8.13. The zero-order chi connectivity index (χ0) is 14.0. The molecule has 0 fully saturated rings. The minimum absolute atomic E-state index is 0.422. The van der Waals surface area contributed by atoms with Crippen LogP contribution in [0.2, 0.25) is 0 Å². The second-order valence-corrected chi connectivity index (χ2v) is 3.41. The molecule has 0 atom stereocenters. The number of hydrogen-bond acceptors (Lipinski definition) is 2. The average Bonchev–Trinajstić information content (AvgIpc) is 2.18. The molecule has 3 nitrogen and oxygen atoms in total. The van der Waals surface area contributed by atoms with Gasteiger partial charge in [0.1, 0.15) is 5.75 Å². The summed E-state index contributed by atoms with van der Waals surface area (Å²) in [6.45, 7) is 0. The fourth-order valence-corrected chi connectivity index (χ4v) is 1.20. The molecule has 0 aliphatic heterocycles. The summed E-state index contributed by atoms with van der Waals surface area (Å²) in [5.74, 6) is -5.33. The zero-order valence-electron chi connectivity index (χ0n) is 8.80. The third kappa shape index (κ3) is 3.31. The first kappa shape index (κ1) is 14.2. The van der Waals surface area contributed by atoms with Crippen molar-refractivity contribution in [1.82, 2.24) is 0 Å². The predicted molar refractivity (Wildman–Crippen MR) is 51.4 cm³/mol. The summed E-state index contributed by atoms with van der Waals surface area (Å²) in [5, 5.41) is 0. The number of nitrogens with two attached hydrogens (primary N) is 1. The van der Waals surface area contributed by atoms with E-state index >= 15 is 0 Å².